The maximum Gasteiger partial charge on any atom is 0.408 e. The molecule has 5 nitrogen and oxygen atoms in total. The number of ether oxygens (including phenoxy) is 1. The first-order chi connectivity index (χ1) is 16.2. The second kappa shape index (κ2) is 12.8. The summed E-state index contributed by atoms with van der Waals surface area (Å²) in [6.07, 6.45) is 10.0. The van der Waals surface area contributed by atoms with Crippen molar-refractivity contribution < 1.29 is 13.9 Å². The largest absolute Gasteiger partial charge is 0.444 e. The van der Waals surface area contributed by atoms with Gasteiger partial charge in [0.1, 0.15) is 11.4 Å². The van der Waals surface area contributed by atoms with E-state index in [0.717, 1.165) is 61.8 Å². The highest BCUT2D eigenvalue weighted by molar-refractivity contribution is 7.80. The van der Waals surface area contributed by atoms with E-state index >= 15 is 0 Å². The van der Waals surface area contributed by atoms with Crippen molar-refractivity contribution in [1.82, 2.24) is 15.5 Å². The number of piperidine rings is 1. The third-order valence-corrected chi connectivity index (χ3v) is 7.25. The number of nitrogens with zero attached hydrogens (tertiary/aromatic N) is 1. The molecule has 2 aliphatic rings. The zero-order valence-corrected chi connectivity index (χ0v) is 21.9. The van der Waals surface area contributed by atoms with Gasteiger partial charge >= 0.3 is 6.09 Å². The number of rotatable bonds is 8. The molecule has 1 aromatic carbocycles. The van der Waals surface area contributed by atoms with Crippen LogP contribution in [0, 0.1) is 11.7 Å². The van der Waals surface area contributed by atoms with Gasteiger partial charge in [0.2, 0.25) is 0 Å². The van der Waals surface area contributed by atoms with Crippen LogP contribution in [0.2, 0.25) is 0 Å². The summed E-state index contributed by atoms with van der Waals surface area (Å²) in [6.45, 7) is 8.38. The lowest BCUT2D eigenvalue weighted by atomic mass is 9.85. The zero-order chi connectivity index (χ0) is 24.6. The van der Waals surface area contributed by atoms with Crippen LogP contribution in [-0.4, -0.2) is 46.8 Å². The summed E-state index contributed by atoms with van der Waals surface area (Å²) in [6, 6.07) is 6.85. The summed E-state index contributed by atoms with van der Waals surface area (Å²) in [5, 5.41) is 6.59. The van der Waals surface area contributed by atoms with E-state index in [9.17, 15) is 9.18 Å². The first-order valence-corrected chi connectivity index (χ1v) is 13.4. The van der Waals surface area contributed by atoms with E-state index < -0.39 is 11.7 Å². The molecule has 1 aromatic rings. The average Bonchev–Trinajstić information content (AvgIpc) is 2.79. The van der Waals surface area contributed by atoms with E-state index in [1.165, 1.54) is 44.2 Å². The number of likely N-dealkylation sites (tertiary alicyclic amines) is 1. The molecule has 0 unspecified atom stereocenters. The van der Waals surface area contributed by atoms with Gasteiger partial charge in [-0.15, -0.1) is 0 Å². The molecular weight excluding hydrogens is 449 g/mol. The van der Waals surface area contributed by atoms with E-state index in [1.54, 1.807) is 0 Å². The number of carbonyl (C=O) groups excluding carboxylic acids is 1. The minimum absolute atomic E-state index is 0.196. The summed E-state index contributed by atoms with van der Waals surface area (Å²) in [4.78, 5) is 15.6. The normalized spacial score (nSPS) is 19.4. The highest BCUT2D eigenvalue weighted by Crippen LogP contribution is 2.28. The number of benzene rings is 1. The van der Waals surface area contributed by atoms with Gasteiger partial charge in [-0.2, -0.15) is 0 Å². The van der Waals surface area contributed by atoms with Gasteiger partial charge in [-0.1, -0.05) is 56.5 Å². The molecule has 2 N–H and O–H groups in total. The van der Waals surface area contributed by atoms with E-state index in [2.05, 4.69) is 15.5 Å². The first kappa shape index (κ1) is 26.9. The molecule has 1 saturated heterocycles. The van der Waals surface area contributed by atoms with Crippen LogP contribution in [0.3, 0.4) is 0 Å². The van der Waals surface area contributed by atoms with Crippen LogP contribution in [0.15, 0.2) is 24.3 Å². The SMILES string of the molecule is CC(C)(C)OC(=O)N[C@H](CCC1CCCCC1)C(=S)NC1CCN(Cc2ccc(F)cc2)CC1. The monoisotopic (exact) mass is 491 g/mol. The highest BCUT2D eigenvalue weighted by Gasteiger charge is 2.26. The molecule has 2 fully saturated rings. The Morgan fingerprint density at radius 2 is 1.76 bits per heavy atom. The number of thiocarbonyl (C=S) groups is 1. The van der Waals surface area contributed by atoms with Gasteiger partial charge in [-0.3, -0.25) is 4.90 Å². The van der Waals surface area contributed by atoms with Gasteiger partial charge in [-0.25, -0.2) is 9.18 Å². The number of alkyl carbamates (subject to hydrolysis) is 1. The van der Waals surface area contributed by atoms with Gasteiger partial charge in [-0.05, 0) is 70.1 Å². The summed E-state index contributed by atoms with van der Waals surface area (Å²) < 4.78 is 18.7. The maximum absolute atomic E-state index is 13.2. The fourth-order valence-electron chi connectivity index (χ4n) is 4.98. The van der Waals surface area contributed by atoms with Gasteiger partial charge in [0, 0.05) is 25.7 Å². The Hall–Kier alpha value is -1.73. The van der Waals surface area contributed by atoms with Crippen molar-refractivity contribution in [3.05, 3.63) is 35.6 Å². The number of amides is 1. The molecule has 190 valence electrons. The molecule has 0 spiro atoms. The molecule has 1 amide bonds. The smallest absolute Gasteiger partial charge is 0.408 e. The van der Waals surface area contributed by atoms with E-state index in [-0.39, 0.29) is 11.9 Å². The molecular formula is C27H42FN3O2S. The lowest BCUT2D eigenvalue weighted by Gasteiger charge is -2.34. The third kappa shape index (κ3) is 9.49. The molecule has 34 heavy (non-hydrogen) atoms. The molecule has 1 heterocycles. The predicted molar refractivity (Wildman–Crippen MR) is 139 cm³/mol. The minimum atomic E-state index is -0.537. The van der Waals surface area contributed by atoms with Crippen LogP contribution < -0.4 is 10.6 Å². The van der Waals surface area contributed by atoms with Crippen molar-refractivity contribution in [1.29, 1.82) is 0 Å². The van der Waals surface area contributed by atoms with Gasteiger partial charge in [0.25, 0.3) is 0 Å². The van der Waals surface area contributed by atoms with Gasteiger partial charge in [0.05, 0.1) is 11.0 Å². The van der Waals surface area contributed by atoms with Crippen LogP contribution in [0.1, 0.15) is 84.1 Å². The molecule has 1 atom stereocenters. The number of carbonyl (C=O) groups is 1. The van der Waals surface area contributed by atoms with Crippen LogP contribution in [0.4, 0.5) is 9.18 Å². The summed E-state index contributed by atoms with van der Waals surface area (Å²) in [7, 11) is 0. The Morgan fingerprint density at radius 3 is 2.38 bits per heavy atom. The molecule has 0 bridgehead atoms. The molecule has 1 aliphatic heterocycles. The van der Waals surface area contributed by atoms with Gasteiger partial charge < -0.3 is 15.4 Å². The zero-order valence-electron chi connectivity index (χ0n) is 21.1. The molecule has 3 rings (SSSR count). The Balaban J connectivity index is 1.49. The topological polar surface area (TPSA) is 53.6 Å². The first-order valence-electron chi connectivity index (χ1n) is 12.9. The quantitative estimate of drug-likeness (QED) is 0.440. The van der Waals surface area contributed by atoms with Crippen molar-refractivity contribution in [2.45, 2.75) is 103 Å². The number of nitrogens with one attached hydrogen (secondary N) is 2. The Bertz CT molecular complexity index is 782. The van der Waals surface area contributed by atoms with E-state index in [0.29, 0.717) is 6.04 Å². The lowest BCUT2D eigenvalue weighted by molar-refractivity contribution is 0.0514. The molecule has 7 heteroatoms. The summed E-state index contributed by atoms with van der Waals surface area (Å²) in [5.74, 6) is 0.535. The lowest BCUT2D eigenvalue weighted by Crippen LogP contribution is -2.52. The van der Waals surface area contributed by atoms with Crippen molar-refractivity contribution >= 4 is 23.3 Å². The molecule has 0 aromatic heterocycles. The Kier molecular flexibility index (Phi) is 10.1. The molecule has 1 saturated carbocycles. The van der Waals surface area contributed by atoms with E-state index in [4.69, 9.17) is 17.0 Å². The summed E-state index contributed by atoms with van der Waals surface area (Å²) >= 11 is 5.80. The van der Waals surface area contributed by atoms with Crippen LogP contribution in [0.5, 0.6) is 0 Å². The van der Waals surface area contributed by atoms with Crippen LogP contribution in [-0.2, 0) is 11.3 Å². The fourth-order valence-corrected chi connectivity index (χ4v) is 5.33. The Labute approximate surface area is 210 Å². The van der Waals surface area contributed by atoms with Crippen molar-refractivity contribution in [3.8, 4) is 0 Å². The van der Waals surface area contributed by atoms with Gasteiger partial charge in [0.15, 0.2) is 0 Å². The van der Waals surface area contributed by atoms with Crippen molar-refractivity contribution in [3.63, 3.8) is 0 Å². The maximum atomic E-state index is 13.2. The van der Waals surface area contributed by atoms with E-state index in [1.807, 2.05) is 32.9 Å². The van der Waals surface area contributed by atoms with Crippen LogP contribution >= 0.6 is 12.2 Å². The average molecular weight is 492 g/mol. The third-order valence-electron chi connectivity index (χ3n) is 6.85. The minimum Gasteiger partial charge on any atom is -0.444 e. The number of hydrogen-bond acceptors (Lipinski definition) is 4. The second-order valence-corrected chi connectivity index (χ2v) is 11.4. The van der Waals surface area contributed by atoms with Crippen molar-refractivity contribution in [2.75, 3.05) is 13.1 Å². The second-order valence-electron chi connectivity index (χ2n) is 11.0. The predicted octanol–water partition coefficient (Wildman–Crippen LogP) is 5.96. The molecule has 1 aliphatic carbocycles. The molecule has 0 radical (unpaired) electrons. The number of hydrogen-bond donors (Lipinski definition) is 2. The Morgan fingerprint density at radius 1 is 1.12 bits per heavy atom. The standard InChI is InChI=1S/C27H42FN3O2S/c1-27(2,3)33-26(32)30-24(14-11-20-7-5-4-6-8-20)25(34)29-23-15-17-31(18-16-23)19-21-9-12-22(28)13-10-21/h9-10,12-13,20,23-24H,4-8,11,14-19H2,1-3H3,(H,29,34)(H,30,32)/t24-/m1/s1. The van der Waals surface area contributed by atoms with Crippen LogP contribution in [0.25, 0.3) is 0 Å². The summed E-state index contributed by atoms with van der Waals surface area (Å²) in [5.41, 5.74) is 0.595. The highest BCUT2D eigenvalue weighted by atomic mass is 32.1. The fraction of sp³-hybridized carbons (Fsp3) is 0.704. The number of halogens is 1. The van der Waals surface area contributed by atoms with Crippen molar-refractivity contribution in [2.24, 2.45) is 5.92 Å².